The minimum absolute atomic E-state index is 0.241. The van der Waals surface area contributed by atoms with Crippen molar-refractivity contribution < 1.29 is 8.78 Å². The highest BCUT2D eigenvalue weighted by atomic mass is 19.1. The van der Waals surface area contributed by atoms with Gasteiger partial charge in [-0.15, -0.1) is 0 Å². The first-order valence-electron chi connectivity index (χ1n) is 6.11. The summed E-state index contributed by atoms with van der Waals surface area (Å²) in [4.78, 5) is 8.50. The maximum Gasteiger partial charge on any atom is 0.135 e. The summed E-state index contributed by atoms with van der Waals surface area (Å²) in [5.74, 6) is -0.361. The minimum atomic E-state index is -0.649. The number of benzene rings is 1. The zero-order valence-corrected chi connectivity index (χ0v) is 10.9. The third kappa shape index (κ3) is 2.70. The van der Waals surface area contributed by atoms with Crippen molar-refractivity contribution in [2.45, 2.75) is 26.7 Å². The molecule has 0 saturated carbocycles. The second-order valence-corrected chi connectivity index (χ2v) is 4.37. The number of hydrogen-bond acceptors (Lipinski definition) is 3. The number of hydrogen-bond donors (Lipinski definition) is 1. The first-order chi connectivity index (χ1) is 9.02. The largest absolute Gasteiger partial charge is 0.383 e. The zero-order chi connectivity index (χ0) is 14.0. The van der Waals surface area contributed by atoms with Crippen molar-refractivity contribution in [1.29, 1.82) is 0 Å². The van der Waals surface area contributed by atoms with Crippen LogP contribution in [0.3, 0.4) is 0 Å². The quantitative estimate of drug-likeness (QED) is 0.924. The van der Waals surface area contributed by atoms with Crippen LogP contribution in [0.15, 0.2) is 18.2 Å². The van der Waals surface area contributed by atoms with E-state index in [2.05, 4.69) is 9.97 Å². The molecule has 2 N–H and O–H groups in total. The van der Waals surface area contributed by atoms with Crippen molar-refractivity contribution in [2.75, 3.05) is 5.73 Å². The number of aromatic nitrogens is 2. The van der Waals surface area contributed by atoms with Crippen LogP contribution in [0, 0.1) is 18.6 Å². The second kappa shape index (κ2) is 5.30. The number of anilines is 1. The van der Waals surface area contributed by atoms with Crippen LogP contribution in [0.1, 0.15) is 24.7 Å². The Morgan fingerprint density at radius 2 is 1.95 bits per heavy atom. The van der Waals surface area contributed by atoms with E-state index in [0.717, 1.165) is 12.5 Å². The van der Waals surface area contributed by atoms with Crippen LogP contribution in [0.4, 0.5) is 14.6 Å². The molecule has 0 atom stereocenters. The van der Waals surface area contributed by atoms with Gasteiger partial charge in [0.2, 0.25) is 0 Å². The SMILES string of the molecule is CCCc1nc(N)c(C)c(-c2ccc(F)cc2F)n1. The lowest BCUT2D eigenvalue weighted by atomic mass is 10.1. The molecule has 0 unspecified atom stereocenters. The minimum Gasteiger partial charge on any atom is -0.383 e. The number of nitrogens with zero attached hydrogens (tertiary/aromatic N) is 2. The van der Waals surface area contributed by atoms with E-state index >= 15 is 0 Å². The molecule has 100 valence electrons. The molecule has 1 aromatic heterocycles. The van der Waals surface area contributed by atoms with Gasteiger partial charge in [-0.05, 0) is 25.5 Å². The molecule has 0 saturated heterocycles. The van der Waals surface area contributed by atoms with Gasteiger partial charge >= 0.3 is 0 Å². The van der Waals surface area contributed by atoms with E-state index in [1.165, 1.54) is 12.1 Å². The zero-order valence-electron chi connectivity index (χ0n) is 10.9. The Bertz CT molecular complexity index is 612. The Morgan fingerprint density at radius 1 is 1.21 bits per heavy atom. The Hall–Kier alpha value is -2.04. The molecule has 2 rings (SSSR count). The molecule has 1 aromatic carbocycles. The molecule has 0 amide bonds. The summed E-state index contributed by atoms with van der Waals surface area (Å²) in [6, 6.07) is 3.41. The molecular weight excluding hydrogens is 248 g/mol. The smallest absolute Gasteiger partial charge is 0.135 e. The summed E-state index contributed by atoms with van der Waals surface area (Å²) in [6.07, 6.45) is 1.54. The van der Waals surface area contributed by atoms with Gasteiger partial charge in [0.15, 0.2) is 0 Å². The normalized spacial score (nSPS) is 10.7. The van der Waals surface area contributed by atoms with Crippen LogP contribution < -0.4 is 5.73 Å². The summed E-state index contributed by atoms with van der Waals surface area (Å²) >= 11 is 0. The van der Waals surface area contributed by atoms with Crippen LogP contribution in [0.2, 0.25) is 0 Å². The fourth-order valence-electron chi connectivity index (χ4n) is 1.86. The van der Waals surface area contributed by atoms with Gasteiger partial charge in [0, 0.05) is 23.6 Å². The van der Waals surface area contributed by atoms with Gasteiger partial charge in [-0.2, -0.15) is 0 Å². The van der Waals surface area contributed by atoms with E-state index in [1.807, 2.05) is 6.92 Å². The third-order valence-electron chi connectivity index (χ3n) is 2.89. The highest BCUT2D eigenvalue weighted by Crippen LogP contribution is 2.27. The first-order valence-corrected chi connectivity index (χ1v) is 6.11. The molecule has 1 heterocycles. The average Bonchev–Trinajstić information content (AvgIpc) is 2.34. The molecule has 0 radical (unpaired) electrons. The molecule has 19 heavy (non-hydrogen) atoms. The molecule has 5 heteroatoms. The van der Waals surface area contributed by atoms with Crippen LogP contribution in [0.25, 0.3) is 11.3 Å². The lowest BCUT2D eigenvalue weighted by Gasteiger charge is -2.10. The molecular formula is C14H15F2N3. The Morgan fingerprint density at radius 3 is 2.58 bits per heavy atom. The van der Waals surface area contributed by atoms with E-state index in [-0.39, 0.29) is 5.56 Å². The van der Waals surface area contributed by atoms with Crippen LogP contribution >= 0.6 is 0 Å². The van der Waals surface area contributed by atoms with Crippen molar-refractivity contribution in [1.82, 2.24) is 9.97 Å². The fourth-order valence-corrected chi connectivity index (χ4v) is 1.86. The van der Waals surface area contributed by atoms with Gasteiger partial charge in [0.25, 0.3) is 0 Å². The lowest BCUT2D eigenvalue weighted by Crippen LogP contribution is -2.05. The van der Waals surface area contributed by atoms with Gasteiger partial charge < -0.3 is 5.73 Å². The summed E-state index contributed by atoms with van der Waals surface area (Å²) in [7, 11) is 0. The van der Waals surface area contributed by atoms with E-state index < -0.39 is 11.6 Å². The Labute approximate surface area is 110 Å². The van der Waals surface area contributed by atoms with Crippen molar-refractivity contribution in [3.05, 3.63) is 41.2 Å². The van der Waals surface area contributed by atoms with Crippen LogP contribution in [-0.2, 0) is 6.42 Å². The number of nitrogen functional groups attached to an aromatic ring is 1. The standard InChI is InChI=1S/C14H15F2N3/c1-3-4-12-18-13(8(2)14(17)19-12)10-6-5-9(15)7-11(10)16/h5-7H,3-4H2,1-2H3,(H2,17,18,19). The number of halogens is 2. The lowest BCUT2D eigenvalue weighted by molar-refractivity contribution is 0.585. The fraction of sp³-hybridized carbons (Fsp3) is 0.286. The summed E-state index contributed by atoms with van der Waals surface area (Å²) < 4.78 is 26.8. The van der Waals surface area contributed by atoms with Gasteiger partial charge in [0.1, 0.15) is 23.3 Å². The van der Waals surface area contributed by atoms with Gasteiger partial charge in [-0.1, -0.05) is 6.92 Å². The molecule has 0 aliphatic heterocycles. The summed E-state index contributed by atoms with van der Waals surface area (Å²) in [5, 5.41) is 0. The first kappa shape index (κ1) is 13.4. The van der Waals surface area contributed by atoms with E-state index in [9.17, 15) is 8.78 Å². The molecule has 0 aliphatic carbocycles. The molecule has 2 aromatic rings. The number of nitrogens with two attached hydrogens (primary N) is 1. The van der Waals surface area contributed by atoms with Crippen molar-refractivity contribution in [2.24, 2.45) is 0 Å². The van der Waals surface area contributed by atoms with Crippen LogP contribution in [0.5, 0.6) is 0 Å². The second-order valence-electron chi connectivity index (χ2n) is 4.37. The van der Waals surface area contributed by atoms with E-state index in [1.54, 1.807) is 6.92 Å². The topological polar surface area (TPSA) is 51.8 Å². The monoisotopic (exact) mass is 263 g/mol. The van der Waals surface area contributed by atoms with E-state index in [0.29, 0.717) is 29.3 Å². The van der Waals surface area contributed by atoms with Gasteiger partial charge in [0.05, 0.1) is 5.69 Å². The average molecular weight is 263 g/mol. The molecule has 0 fully saturated rings. The Balaban J connectivity index is 2.60. The van der Waals surface area contributed by atoms with Crippen molar-refractivity contribution in [3.8, 4) is 11.3 Å². The summed E-state index contributed by atoms with van der Waals surface area (Å²) in [6.45, 7) is 3.72. The van der Waals surface area contributed by atoms with Gasteiger partial charge in [-0.25, -0.2) is 18.7 Å². The van der Waals surface area contributed by atoms with Gasteiger partial charge in [-0.3, -0.25) is 0 Å². The number of rotatable bonds is 3. The van der Waals surface area contributed by atoms with E-state index in [4.69, 9.17) is 5.73 Å². The van der Waals surface area contributed by atoms with Crippen molar-refractivity contribution in [3.63, 3.8) is 0 Å². The number of aryl methyl sites for hydroxylation is 1. The molecule has 3 nitrogen and oxygen atoms in total. The molecule has 0 spiro atoms. The van der Waals surface area contributed by atoms with Crippen LogP contribution in [-0.4, -0.2) is 9.97 Å². The van der Waals surface area contributed by atoms with Crippen molar-refractivity contribution >= 4 is 5.82 Å². The third-order valence-corrected chi connectivity index (χ3v) is 2.89. The Kier molecular flexibility index (Phi) is 3.74. The summed E-state index contributed by atoms with van der Waals surface area (Å²) in [5.41, 5.74) is 7.09. The molecule has 0 bridgehead atoms. The highest BCUT2D eigenvalue weighted by Gasteiger charge is 2.14. The predicted molar refractivity (Wildman–Crippen MR) is 70.5 cm³/mol. The molecule has 0 aliphatic rings. The predicted octanol–water partition coefficient (Wildman–Crippen LogP) is 3.26. The maximum atomic E-state index is 13.8. The maximum absolute atomic E-state index is 13.8. The highest BCUT2D eigenvalue weighted by molar-refractivity contribution is 5.67.